The Hall–Kier alpha value is -2.30. The molecule has 0 aliphatic heterocycles. The Kier molecular flexibility index (Phi) is 3.64. The first-order valence-electron chi connectivity index (χ1n) is 7.45. The number of benzene rings is 1. The van der Waals surface area contributed by atoms with Crippen LogP contribution in [0, 0.1) is 5.41 Å². The quantitative estimate of drug-likeness (QED) is 0.921. The highest BCUT2D eigenvalue weighted by Gasteiger charge is 2.46. The maximum Gasteiger partial charge on any atom is 0.310 e. The number of hydrogen-bond acceptors (Lipinski definition) is 3. The molecule has 1 heterocycles. The number of carboxylic acid groups (broad SMARTS) is 1. The van der Waals surface area contributed by atoms with E-state index in [-0.39, 0.29) is 12.3 Å². The lowest BCUT2D eigenvalue weighted by Gasteiger charge is -2.37. The van der Waals surface area contributed by atoms with Crippen LogP contribution in [0.3, 0.4) is 0 Å². The summed E-state index contributed by atoms with van der Waals surface area (Å²) in [5.41, 5.74) is -0.0569. The molecule has 0 saturated heterocycles. The van der Waals surface area contributed by atoms with E-state index in [4.69, 9.17) is 4.42 Å². The van der Waals surface area contributed by atoms with E-state index in [9.17, 15) is 14.7 Å². The average molecular weight is 301 g/mol. The van der Waals surface area contributed by atoms with Crippen LogP contribution in [0.5, 0.6) is 0 Å². The predicted octanol–water partition coefficient (Wildman–Crippen LogP) is 3.04. The largest absolute Gasteiger partial charge is 0.481 e. The van der Waals surface area contributed by atoms with Gasteiger partial charge in [-0.15, -0.1) is 0 Å². The van der Waals surface area contributed by atoms with Gasteiger partial charge in [0.05, 0.1) is 12.0 Å². The topological polar surface area (TPSA) is 70.8 Å². The fourth-order valence-corrected chi connectivity index (χ4v) is 2.93. The lowest BCUT2D eigenvalue weighted by Crippen LogP contribution is -2.42. The van der Waals surface area contributed by atoms with E-state index in [2.05, 4.69) is 0 Å². The van der Waals surface area contributed by atoms with Crippen molar-refractivity contribution in [1.82, 2.24) is 4.90 Å². The second kappa shape index (κ2) is 5.48. The van der Waals surface area contributed by atoms with Crippen LogP contribution in [0.4, 0.5) is 0 Å². The van der Waals surface area contributed by atoms with E-state index in [1.807, 2.05) is 30.3 Å². The molecule has 1 aromatic heterocycles. The number of aliphatic carboxylic acids is 1. The molecule has 0 spiro atoms. The molecular formula is C17H19NO4. The Morgan fingerprint density at radius 1 is 1.32 bits per heavy atom. The normalized spacial score (nSPS) is 16.2. The van der Waals surface area contributed by atoms with Gasteiger partial charge in [0, 0.05) is 18.9 Å². The van der Waals surface area contributed by atoms with Crippen LogP contribution in [0.25, 0.3) is 11.0 Å². The third kappa shape index (κ3) is 2.58. The molecule has 22 heavy (non-hydrogen) atoms. The highest BCUT2D eigenvalue weighted by Crippen LogP contribution is 2.44. The molecule has 3 rings (SSSR count). The zero-order chi connectivity index (χ0) is 15.7. The number of furan rings is 1. The van der Waals surface area contributed by atoms with Crippen LogP contribution in [-0.2, 0) is 16.1 Å². The molecule has 1 amide bonds. The van der Waals surface area contributed by atoms with E-state index < -0.39 is 11.4 Å². The van der Waals surface area contributed by atoms with Gasteiger partial charge >= 0.3 is 5.97 Å². The van der Waals surface area contributed by atoms with Gasteiger partial charge in [0.1, 0.15) is 11.3 Å². The number of carbonyl (C=O) groups is 2. The van der Waals surface area contributed by atoms with Crippen molar-refractivity contribution in [2.45, 2.75) is 32.2 Å². The summed E-state index contributed by atoms with van der Waals surface area (Å²) in [6.07, 6.45) is 2.13. The Balaban J connectivity index is 1.67. The van der Waals surface area contributed by atoms with Crippen molar-refractivity contribution >= 4 is 22.8 Å². The molecule has 0 radical (unpaired) electrons. The lowest BCUT2D eigenvalue weighted by molar-refractivity contribution is -0.159. The fraction of sp³-hybridized carbons (Fsp3) is 0.412. The number of para-hydroxylation sites is 1. The number of rotatable bonds is 5. The van der Waals surface area contributed by atoms with Crippen molar-refractivity contribution in [3.8, 4) is 0 Å². The molecule has 1 aromatic carbocycles. The van der Waals surface area contributed by atoms with Crippen LogP contribution >= 0.6 is 0 Å². The number of fused-ring (bicyclic) bond motifs is 1. The van der Waals surface area contributed by atoms with Crippen molar-refractivity contribution in [1.29, 1.82) is 0 Å². The summed E-state index contributed by atoms with van der Waals surface area (Å²) in [7, 11) is 1.68. The fourth-order valence-electron chi connectivity index (χ4n) is 2.93. The summed E-state index contributed by atoms with van der Waals surface area (Å²) in [5, 5.41) is 10.3. The molecule has 1 aliphatic carbocycles. The number of hydrogen-bond donors (Lipinski definition) is 1. The molecular weight excluding hydrogens is 282 g/mol. The first-order valence-corrected chi connectivity index (χ1v) is 7.45. The molecule has 1 N–H and O–H groups in total. The van der Waals surface area contributed by atoms with Crippen LogP contribution in [-0.4, -0.2) is 28.9 Å². The summed E-state index contributed by atoms with van der Waals surface area (Å²) < 4.78 is 5.70. The Labute approximate surface area is 128 Å². The van der Waals surface area contributed by atoms with Gasteiger partial charge in [-0.3, -0.25) is 9.59 Å². The smallest absolute Gasteiger partial charge is 0.310 e. The van der Waals surface area contributed by atoms with Gasteiger partial charge in [0.15, 0.2) is 0 Å². The predicted molar refractivity (Wildman–Crippen MR) is 81.2 cm³/mol. The van der Waals surface area contributed by atoms with Gasteiger partial charge < -0.3 is 14.4 Å². The van der Waals surface area contributed by atoms with Crippen LogP contribution in [0.1, 0.15) is 31.4 Å². The third-order valence-electron chi connectivity index (χ3n) is 4.55. The molecule has 1 saturated carbocycles. The minimum atomic E-state index is -0.857. The van der Waals surface area contributed by atoms with Crippen molar-refractivity contribution in [2.24, 2.45) is 5.41 Å². The van der Waals surface area contributed by atoms with Gasteiger partial charge in [0.25, 0.3) is 0 Å². The standard InChI is InChI=1S/C17H19NO4/c1-18(15(19)10-17(16(20)21)7-4-8-17)11-13-9-12-5-2-3-6-14(12)22-13/h2-3,5-6,9H,4,7-8,10-11H2,1H3,(H,20,21). The molecule has 116 valence electrons. The summed E-state index contributed by atoms with van der Waals surface area (Å²) in [5.74, 6) is -0.304. The van der Waals surface area contributed by atoms with E-state index in [0.717, 1.165) is 17.4 Å². The maximum absolute atomic E-state index is 12.3. The Bertz CT molecular complexity index is 681. The minimum Gasteiger partial charge on any atom is -0.481 e. The van der Waals surface area contributed by atoms with E-state index >= 15 is 0 Å². The lowest BCUT2D eigenvalue weighted by atomic mass is 9.66. The van der Waals surface area contributed by atoms with Crippen molar-refractivity contribution in [3.05, 3.63) is 36.1 Å². The first-order chi connectivity index (χ1) is 10.5. The van der Waals surface area contributed by atoms with Crippen molar-refractivity contribution in [3.63, 3.8) is 0 Å². The summed E-state index contributed by atoms with van der Waals surface area (Å²) in [4.78, 5) is 25.2. The first kappa shape index (κ1) is 14.6. The number of nitrogens with zero attached hydrogens (tertiary/aromatic N) is 1. The van der Waals surface area contributed by atoms with Gasteiger partial charge in [-0.1, -0.05) is 24.6 Å². The highest BCUT2D eigenvalue weighted by atomic mass is 16.4. The second-order valence-corrected chi connectivity index (χ2v) is 6.12. The van der Waals surface area contributed by atoms with Crippen LogP contribution in [0.15, 0.2) is 34.7 Å². The molecule has 5 nitrogen and oxygen atoms in total. The van der Waals surface area contributed by atoms with E-state index in [0.29, 0.717) is 25.1 Å². The molecule has 1 aliphatic rings. The van der Waals surface area contributed by atoms with Gasteiger partial charge in [0.2, 0.25) is 5.91 Å². The van der Waals surface area contributed by atoms with E-state index in [1.54, 1.807) is 11.9 Å². The molecule has 0 bridgehead atoms. The summed E-state index contributed by atoms with van der Waals surface area (Å²) >= 11 is 0. The molecule has 2 aromatic rings. The monoisotopic (exact) mass is 301 g/mol. The number of carbonyl (C=O) groups excluding carboxylic acids is 1. The van der Waals surface area contributed by atoms with Crippen LogP contribution < -0.4 is 0 Å². The summed E-state index contributed by atoms with van der Waals surface area (Å²) in [6, 6.07) is 9.59. The zero-order valence-corrected chi connectivity index (χ0v) is 12.5. The molecule has 1 fully saturated rings. The van der Waals surface area contributed by atoms with Crippen LogP contribution in [0.2, 0.25) is 0 Å². The molecule has 0 unspecified atom stereocenters. The zero-order valence-electron chi connectivity index (χ0n) is 12.5. The Morgan fingerprint density at radius 2 is 2.05 bits per heavy atom. The average Bonchev–Trinajstić information content (AvgIpc) is 2.84. The Morgan fingerprint density at radius 3 is 2.64 bits per heavy atom. The van der Waals surface area contributed by atoms with Crippen molar-refractivity contribution < 1.29 is 19.1 Å². The number of amides is 1. The highest BCUT2D eigenvalue weighted by molar-refractivity contribution is 5.85. The third-order valence-corrected chi connectivity index (χ3v) is 4.55. The minimum absolute atomic E-state index is 0.0685. The molecule has 5 heteroatoms. The second-order valence-electron chi connectivity index (χ2n) is 6.12. The SMILES string of the molecule is CN(Cc1cc2ccccc2o1)C(=O)CC1(C(=O)O)CCC1. The maximum atomic E-state index is 12.3. The molecule has 0 atom stereocenters. The van der Waals surface area contributed by atoms with Crippen molar-refractivity contribution in [2.75, 3.05) is 7.05 Å². The van der Waals surface area contributed by atoms with Gasteiger partial charge in [-0.2, -0.15) is 0 Å². The van der Waals surface area contributed by atoms with E-state index in [1.165, 1.54) is 0 Å². The summed E-state index contributed by atoms with van der Waals surface area (Å²) in [6.45, 7) is 0.350. The van der Waals surface area contributed by atoms with Gasteiger partial charge in [-0.05, 0) is 25.0 Å². The number of carboxylic acids is 1. The van der Waals surface area contributed by atoms with Gasteiger partial charge in [-0.25, -0.2) is 0 Å².